The Kier molecular flexibility index (Phi) is 6.78. The summed E-state index contributed by atoms with van der Waals surface area (Å²) in [7, 11) is -3.81. The van der Waals surface area contributed by atoms with Crippen molar-refractivity contribution in [2.24, 2.45) is 5.14 Å². The third-order valence-electron chi connectivity index (χ3n) is 4.27. The highest BCUT2D eigenvalue weighted by Gasteiger charge is 2.11. The molecule has 3 aromatic rings. The number of rotatable bonds is 8. The lowest BCUT2D eigenvalue weighted by Crippen LogP contribution is -2.23. The molecule has 2 aromatic carbocycles. The second kappa shape index (κ2) is 9.49. The van der Waals surface area contributed by atoms with Crippen molar-refractivity contribution in [3.8, 4) is 0 Å². The number of nitrogens with zero attached hydrogens (tertiary/aromatic N) is 3. The van der Waals surface area contributed by atoms with E-state index in [4.69, 9.17) is 9.88 Å². The van der Waals surface area contributed by atoms with Crippen molar-refractivity contribution < 1.29 is 22.7 Å². The standard InChI is InChI=1S/C20H21N5O5S/c1-2-30-20(27)16-5-3-14(4-6-16)12-25-13-17(23-24-25)11-22-19(26)15-7-9-18(10-8-15)31(21,28)29/h3-10,13H,2,11-12H2,1H3,(H,22,26)(H2,21,28,29). The molecule has 0 unspecified atom stereocenters. The molecule has 3 rings (SSSR count). The van der Waals surface area contributed by atoms with Crippen LogP contribution in [-0.4, -0.2) is 41.9 Å². The Morgan fingerprint density at radius 1 is 1.06 bits per heavy atom. The molecule has 0 radical (unpaired) electrons. The summed E-state index contributed by atoms with van der Waals surface area (Å²) in [5, 5.41) is 15.8. The van der Waals surface area contributed by atoms with Crippen molar-refractivity contribution >= 4 is 21.9 Å². The fraction of sp³-hybridized carbons (Fsp3) is 0.200. The Balaban J connectivity index is 1.55. The number of hydrogen-bond acceptors (Lipinski definition) is 7. The summed E-state index contributed by atoms with van der Waals surface area (Å²) in [4.78, 5) is 23.8. The normalized spacial score (nSPS) is 11.2. The Bertz CT molecular complexity index is 1170. The smallest absolute Gasteiger partial charge is 0.338 e. The zero-order valence-electron chi connectivity index (χ0n) is 16.7. The van der Waals surface area contributed by atoms with Crippen LogP contribution in [0.25, 0.3) is 0 Å². The van der Waals surface area contributed by atoms with Crippen LogP contribution >= 0.6 is 0 Å². The number of nitrogens with one attached hydrogen (secondary N) is 1. The fourth-order valence-electron chi connectivity index (χ4n) is 2.71. The quantitative estimate of drug-likeness (QED) is 0.495. The van der Waals surface area contributed by atoms with E-state index in [-0.39, 0.29) is 23.3 Å². The molecule has 0 spiro atoms. The van der Waals surface area contributed by atoms with Crippen molar-refractivity contribution in [1.82, 2.24) is 20.3 Å². The lowest BCUT2D eigenvalue weighted by atomic mass is 10.1. The number of sulfonamides is 1. The van der Waals surface area contributed by atoms with E-state index in [1.807, 2.05) is 0 Å². The molecule has 0 aliphatic carbocycles. The minimum atomic E-state index is -3.81. The molecule has 31 heavy (non-hydrogen) atoms. The largest absolute Gasteiger partial charge is 0.462 e. The number of carbonyl (C=O) groups is 2. The van der Waals surface area contributed by atoms with E-state index in [0.29, 0.717) is 30.0 Å². The SMILES string of the molecule is CCOC(=O)c1ccc(Cn2cc(CNC(=O)c3ccc(S(N)(=O)=O)cc3)nn2)cc1. The predicted octanol–water partition coefficient (Wildman–Crippen LogP) is 1.08. The van der Waals surface area contributed by atoms with Gasteiger partial charge in [0, 0.05) is 5.56 Å². The van der Waals surface area contributed by atoms with Crippen molar-refractivity contribution in [3.63, 3.8) is 0 Å². The van der Waals surface area contributed by atoms with Gasteiger partial charge in [0.05, 0.1) is 36.4 Å². The zero-order chi connectivity index (χ0) is 22.4. The van der Waals surface area contributed by atoms with Crippen LogP contribution < -0.4 is 10.5 Å². The van der Waals surface area contributed by atoms with Gasteiger partial charge in [-0.15, -0.1) is 5.10 Å². The van der Waals surface area contributed by atoms with Crippen molar-refractivity contribution in [1.29, 1.82) is 0 Å². The van der Waals surface area contributed by atoms with E-state index in [1.54, 1.807) is 42.1 Å². The average molecular weight is 443 g/mol. The Labute approximate surface area is 179 Å². The number of nitrogens with two attached hydrogens (primary N) is 1. The maximum absolute atomic E-state index is 12.2. The highest BCUT2D eigenvalue weighted by Crippen LogP contribution is 2.10. The number of esters is 1. The molecule has 0 aliphatic rings. The number of aromatic nitrogens is 3. The molecule has 10 nitrogen and oxygen atoms in total. The molecule has 162 valence electrons. The Hall–Kier alpha value is -3.57. The van der Waals surface area contributed by atoms with E-state index in [0.717, 1.165) is 5.56 Å². The molecule has 11 heteroatoms. The monoisotopic (exact) mass is 443 g/mol. The third-order valence-corrected chi connectivity index (χ3v) is 5.20. The van der Waals surface area contributed by atoms with Crippen molar-refractivity contribution in [2.45, 2.75) is 24.9 Å². The lowest BCUT2D eigenvalue weighted by Gasteiger charge is -2.05. The molecule has 1 heterocycles. The van der Waals surface area contributed by atoms with E-state index in [1.165, 1.54) is 24.3 Å². The summed E-state index contributed by atoms with van der Waals surface area (Å²) in [5.41, 5.74) is 2.24. The van der Waals surface area contributed by atoms with Gasteiger partial charge in [0.25, 0.3) is 5.91 Å². The molecule has 0 aliphatic heterocycles. The van der Waals surface area contributed by atoms with Crippen LogP contribution in [0.4, 0.5) is 0 Å². The average Bonchev–Trinajstić information content (AvgIpc) is 3.19. The molecule has 0 bridgehead atoms. The molecular formula is C20H21N5O5S. The minimum Gasteiger partial charge on any atom is -0.462 e. The molecule has 1 amide bonds. The zero-order valence-corrected chi connectivity index (χ0v) is 17.5. The van der Waals surface area contributed by atoms with Gasteiger partial charge in [0.2, 0.25) is 10.0 Å². The maximum atomic E-state index is 12.2. The number of carbonyl (C=O) groups excluding carboxylic acids is 2. The molecular weight excluding hydrogens is 422 g/mol. The first-order valence-electron chi connectivity index (χ1n) is 9.32. The number of primary sulfonamides is 1. The van der Waals surface area contributed by atoms with Crippen LogP contribution in [0.5, 0.6) is 0 Å². The van der Waals surface area contributed by atoms with Gasteiger partial charge in [-0.3, -0.25) is 4.79 Å². The molecule has 1 aromatic heterocycles. The second-order valence-corrected chi connectivity index (χ2v) is 8.14. The van der Waals surface area contributed by atoms with Gasteiger partial charge in [-0.1, -0.05) is 17.3 Å². The van der Waals surface area contributed by atoms with Crippen LogP contribution in [0, 0.1) is 0 Å². The topological polar surface area (TPSA) is 146 Å². The lowest BCUT2D eigenvalue weighted by molar-refractivity contribution is 0.0526. The molecule has 0 saturated carbocycles. The fourth-order valence-corrected chi connectivity index (χ4v) is 3.23. The summed E-state index contributed by atoms with van der Waals surface area (Å²) in [5.74, 6) is -0.753. The van der Waals surface area contributed by atoms with E-state index < -0.39 is 10.0 Å². The molecule has 0 fully saturated rings. The van der Waals surface area contributed by atoms with Crippen molar-refractivity contribution in [2.75, 3.05) is 6.61 Å². The second-order valence-electron chi connectivity index (χ2n) is 6.58. The van der Waals surface area contributed by atoms with Gasteiger partial charge in [0.15, 0.2) is 0 Å². The highest BCUT2D eigenvalue weighted by molar-refractivity contribution is 7.89. The third kappa shape index (κ3) is 5.96. The van der Waals surface area contributed by atoms with Crippen LogP contribution in [-0.2, 0) is 27.8 Å². The first kappa shape index (κ1) is 22.1. The number of hydrogen-bond donors (Lipinski definition) is 2. The molecule has 0 saturated heterocycles. The Morgan fingerprint density at radius 2 is 1.71 bits per heavy atom. The van der Waals surface area contributed by atoms with E-state index >= 15 is 0 Å². The summed E-state index contributed by atoms with van der Waals surface area (Å²) in [6.45, 7) is 2.66. The summed E-state index contributed by atoms with van der Waals surface area (Å²) in [6.07, 6.45) is 1.70. The summed E-state index contributed by atoms with van der Waals surface area (Å²) < 4.78 is 29.1. The van der Waals surface area contributed by atoms with E-state index in [2.05, 4.69) is 15.6 Å². The van der Waals surface area contributed by atoms with Gasteiger partial charge in [0.1, 0.15) is 5.69 Å². The highest BCUT2D eigenvalue weighted by atomic mass is 32.2. The Morgan fingerprint density at radius 3 is 2.32 bits per heavy atom. The van der Waals surface area contributed by atoms with Gasteiger partial charge >= 0.3 is 5.97 Å². The number of amides is 1. The van der Waals surface area contributed by atoms with Crippen LogP contribution in [0.1, 0.15) is 38.9 Å². The van der Waals surface area contributed by atoms with Crippen LogP contribution in [0.15, 0.2) is 59.6 Å². The predicted molar refractivity (Wildman–Crippen MR) is 111 cm³/mol. The van der Waals surface area contributed by atoms with Crippen LogP contribution in [0.3, 0.4) is 0 Å². The number of benzene rings is 2. The first-order chi connectivity index (χ1) is 14.8. The first-order valence-corrected chi connectivity index (χ1v) is 10.9. The van der Waals surface area contributed by atoms with Gasteiger partial charge in [-0.25, -0.2) is 23.0 Å². The molecule has 3 N–H and O–H groups in total. The van der Waals surface area contributed by atoms with Gasteiger partial charge < -0.3 is 10.1 Å². The number of ether oxygens (including phenoxy) is 1. The maximum Gasteiger partial charge on any atom is 0.338 e. The minimum absolute atomic E-state index is 0.0673. The van der Waals surface area contributed by atoms with E-state index in [9.17, 15) is 18.0 Å². The molecule has 0 atom stereocenters. The van der Waals surface area contributed by atoms with Gasteiger partial charge in [-0.2, -0.15) is 0 Å². The summed E-state index contributed by atoms with van der Waals surface area (Å²) >= 11 is 0. The van der Waals surface area contributed by atoms with Gasteiger partial charge in [-0.05, 0) is 48.9 Å². The van der Waals surface area contributed by atoms with Crippen molar-refractivity contribution in [3.05, 3.63) is 77.1 Å². The summed E-state index contributed by atoms with van der Waals surface area (Å²) in [6, 6.07) is 12.3. The van der Waals surface area contributed by atoms with Crippen LogP contribution in [0.2, 0.25) is 0 Å².